The molecular formula is C37H28N4O5. The van der Waals surface area contributed by atoms with E-state index in [4.69, 9.17) is 9.26 Å². The molecule has 0 spiro atoms. The molecule has 1 N–H and O–H groups in total. The highest BCUT2D eigenvalue weighted by Crippen LogP contribution is 2.34. The first-order chi connectivity index (χ1) is 22.2. The number of benzene rings is 4. The quantitative estimate of drug-likeness (QED) is 0.191. The number of aryl methyl sites for hydroxylation is 4. The van der Waals surface area contributed by atoms with Crippen molar-refractivity contribution in [3.05, 3.63) is 130 Å². The van der Waals surface area contributed by atoms with Gasteiger partial charge in [-0.05, 0) is 93.9 Å². The fourth-order valence-electron chi connectivity index (χ4n) is 5.67. The van der Waals surface area contributed by atoms with Crippen LogP contribution in [-0.2, 0) is 0 Å². The summed E-state index contributed by atoms with van der Waals surface area (Å²) >= 11 is 0. The van der Waals surface area contributed by atoms with E-state index in [0.717, 1.165) is 22.3 Å². The molecule has 226 valence electrons. The molecule has 0 saturated carbocycles. The van der Waals surface area contributed by atoms with Crippen LogP contribution >= 0.6 is 0 Å². The molecule has 3 amide bonds. The van der Waals surface area contributed by atoms with Crippen molar-refractivity contribution in [2.45, 2.75) is 27.7 Å². The summed E-state index contributed by atoms with van der Waals surface area (Å²) < 4.78 is 11.5. The Labute approximate surface area is 264 Å². The number of carbonyl (C=O) groups excluding carboxylic acids is 3. The van der Waals surface area contributed by atoms with Gasteiger partial charge in [-0.3, -0.25) is 14.4 Å². The number of hydrogen-bond acceptors (Lipinski definition) is 7. The van der Waals surface area contributed by atoms with Gasteiger partial charge in [0, 0.05) is 11.3 Å². The minimum atomic E-state index is -0.402. The normalized spacial score (nSPS) is 12.5. The molecule has 0 saturated heterocycles. The maximum Gasteiger partial charge on any atom is 0.266 e. The number of amides is 3. The number of imide groups is 1. The molecule has 7 rings (SSSR count). The molecular weight excluding hydrogens is 580 g/mol. The second-order valence-corrected chi connectivity index (χ2v) is 11.4. The van der Waals surface area contributed by atoms with E-state index in [2.05, 4.69) is 21.5 Å². The maximum atomic E-state index is 13.6. The van der Waals surface area contributed by atoms with E-state index in [1.165, 1.54) is 4.90 Å². The molecule has 9 nitrogen and oxygen atoms in total. The van der Waals surface area contributed by atoms with Gasteiger partial charge in [0.2, 0.25) is 0 Å². The molecule has 9 heteroatoms. The van der Waals surface area contributed by atoms with E-state index < -0.39 is 5.91 Å². The van der Waals surface area contributed by atoms with Crippen LogP contribution < -0.4 is 15.0 Å². The highest BCUT2D eigenvalue weighted by molar-refractivity contribution is 6.34. The number of anilines is 2. The number of aromatic nitrogens is 2. The Kier molecular flexibility index (Phi) is 6.93. The molecule has 0 bridgehead atoms. The lowest BCUT2D eigenvalue weighted by molar-refractivity contribution is 0.0924. The van der Waals surface area contributed by atoms with E-state index in [-0.39, 0.29) is 17.4 Å². The molecule has 1 aliphatic heterocycles. The Bertz CT molecular complexity index is 2200. The fourth-order valence-corrected chi connectivity index (χ4v) is 5.67. The van der Waals surface area contributed by atoms with Gasteiger partial charge >= 0.3 is 0 Å². The van der Waals surface area contributed by atoms with Crippen LogP contribution in [0.3, 0.4) is 0 Å². The standard InChI is InChI=1S/C37H28N4O5/c1-20-5-10-25(11-6-20)41-36(43)29-16-14-27(18-30(29)37(41)44)45-26-12-8-24(9-13-26)38-34(42)31-19-32(28-15-7-21(2)17-22(28)3)39-35-33(31)23(4)40-46-35/h5-19H,1-4H3,(H,38,42). The van der Waals surface area contributed by atoms with Crippen molar-refractivity contribution >= 4 is 40.2 Å². The number of carbonyl (C=O) groups is 3. The zero-order valence-corrected chi connectivity index (χ0v) is 25.5. The smallest absolute Gasteiger partial charge is 0.266 e. The van der Waals surface area contributed by atoms with Crippen molar-refractivity contribution in [2.75, 3.05) is 10.2 Å². The van der Waals surface area contributed by atoms with Gasteiger partial charge in [0.25, 0.3) is 23.4 Å². The minimum absolute atomic E-state index is 0.278. The Morgan fingerprint density at radius 2 is 1.41 bits per heavy atom. The molecule has 0 unspecified atom stereocenters. The third-order valence-electron chi connectivity index (χ3n) is 8.02. The molecule has 1 aliphatic rings. The first kappa shape index (κ1) is 28.7. The first-order valence-corrected chi connectivity index (χ1v) is 14.7. The van der Waals surface area contributed by atoms with Crippen LogP contribution in [0.2, 0.25) is 0 Å². The average molecular weight is 609 g/mol. The predicted molar refractivity (Wildman–Crippen MR) is 175 cm³/mol. The highest BCUT2D eigenvalue weighted by atomic mass is 16.5. The van der Waals surface area contributed by atoms with E-state index in [0.29, 0.717) is 56.5 Å². The highest BCUT2D eigenvalue weighted by Gasteiger charge is 2.37. The lowest BCUT2D eigenvalue weighted by Crippen LogP contribution is -2.29. The number of hydrogen-bond donors (Lipinski definition) is 1. The van der Waals surface area contributed by atoms with Gasteiger partial charge in [0.05, 0.1) is 39.2 Å². The van der Waals surface area contributed by atoms with Crippen LogP contribution in [0.4, 0.5) is 11.4 Å². The molecule has 3 heterocycles. The van der Waals surface area contributed by atoms with Crippen LogP contribution in [0.25, 0.3) is 22.4 Å². The molecule has 46 heavy (non-hydrogen) atoms. The van der Waals surface area contributed by atoms with Gasteiger partial charge in [-0.2, -0.15) is 0 Å². The number of ether oxygens (including phenoxy) is 1. The molecule has 6 aromatic rings. The average Bonchev–Trinajstić information content (AvgIpc) is 3.53. The summed E-state index contributed by atoms with van der Waals surface area (Å²) in [6.07, 6.45) is 0. The Balaban J connectivity index is 1.10. The topological polar surface area (TPSA) is 115 Å². The van der Waals surface area contributed by atoms with Crippen LogP contribution in [0.1, 0.15) is 53.5 Å². The predicted octanol–water partition coefficient (Wildman–Crippen LogP) is 7.97. The van der Waals surface area contributed by atoms with Gasteiger partial charge in [-0.1, -0.05) is 46.6 Å². The summed E-state index contributed by atoms with van der Waals surface area (Å²) in [7, 11) is 0. The minimum Gasteiger partial charge on any atom is -0.457 e. The number of pyridine rings is 1. The van der Waals surface area contributed by atoms with E-state index in [9.17, 15) is 14.4 Å². The molecule has 4 aromatic carbocycles. The van der Waals surface area contributed by atoms with Gasteiger partial charge in [0.1, 0.15) is 11.5 Å². The molecule has 2 aromatic heterocycles. The zero-order chi connectivity index (χ0) is 32.1. The van der Waals surface area contributed by atoms with Crippen molar-refractivity contribution < 1.29 is 23.6 Å². The van der Waals surface area contributed by atoms with Gasteiger partial charge in [-0.15, -0.1) is 0 Å². The van der Waals surface area contributed by atoms with Gasteiger partial charge < -0.3 is 14.6 Å². The van der Waals surface area contributed by atoms with Crippen LogP contribution in [0, 0.1) is 27.7 Å². The summed E-state index contributed by atoms with van der Waals surface area (Å²) in [6, 6.07) is 26.7. The summed E-state index contributed by atoms with van der Waals surface area (Å²) in [6.45, 7) is 7.74. The number of nitrogens with zero attached hydrogens (tertiary/aromatic N) is 3. The Hall–Kier alpha value is -6.09. The van der Waals surface area contributed by atoms with Crippen molar-refractivity contribution in [1.82, 2.24) is 10.1 Å². The number of rotatable bonds is 6. The van der Waals surface area contributed by atoms with Crippen molar-refractivity contribution in [3.63, 3.8) is 0 Å². The van der Waals surface area contributed by atoms with Gasteiger partial charge in [-0.25, -0.2) is 9.88 Å². The van der Waals surface area contributed by atoms with E-state index in [1.807, 2.05) is 45.0 Å². The second-order valence-electron chi connectivity index (χ2n) is 11.4. The largest absolute Gasteiger partial charge is 0.457 e. The first-order valence-electron chi connectivity index (χ1n) is 14.7. The van der Waals surface area contributed by atoms with E-state index in [1.54, 1.807) is 67.6 Å². The summed E-state index contributed by atoms with van der Waals surface area (Å²) in [4.78, 5) is 45.6. The summed E-state index contributed by atoms with van der Waals surface area (Å²) in [5, 5.41) is 7.55. The monoisotopic (exact) mass is 608 g/mol. The lowest BCUT2D eigenvalue weighted by atomic mass is 10.00. The molecule has 0 fully saturated rings. The number of fused-ring (bicyclic) bond motifs is 2. The van der Waals surface area contributed by atoms with Crippen LogP contribution in [0.5, 0.6) is 11.5 Å². The Morgan fingerprint density at radius 3 is 2.15 bits per heavy atom. The summed E-state index contributed by atoms with van der Waals surface area (Å²) in [5.41, 5.74) is 7.65. The van der Waals surface area contributed by atoms with Crippen LogP contribution in [-0.4, -0.2) is 27.9 Å². The van der Waals surface area contributed by atoms with Gasteiger partial charge in [0.15, 0.2) is 0 Å². The third-order valence-corrected chi connectivity index (χ3v) is 8.02. The number of nitrogens with one attached hydrogen (secondary N) is 1. The van der Waals surface area contributed by atoms with Crippen molar-refractivity contribution in [2.24, 2.45) is 0 Å². The van der Waals surface area contributed by atoms with Crippen molar-refractivity contribution in [1.29, 1.82) is 0 Å². The van der Waals surface area contributed by atoms with Crippen molar-refractivity contribution in [3.8, 4) is 22.8 Å². The Morgan fingerprint density at radius 1 is 0.739 bits per heavy atom. The SMILES string of the molecule is Cc1ccc(N2C(=O)c3ccc(Oc4ccc(NC(=O)c5cc(-c6ccc(C)cc6C)nc6onc(C)c56)cc4)cc3C2=O)cc1. The maximum absolute atomic E-state index is 13.6. The molecule has 0 aliphatic carbocycles. The lowest BCUT2D eigenvalue weighted by Gasteiger charge is -2.13. The molecule has 0 atom stereocenters. The fraction of sp³-hybridized carbons (Fsp3) is 0.108. The van der Waals surface area contributed by atoms with Crippen LogP contribution in [0.15, 0.2) is 95.5 Å². The van der Waals surface area contributed by atoms with E-state index >= 15 is 0 Å². The second kappa shape index (κ2) is 11.1. The molecule has 0 radical (unpaired) electrons. The zero-order valence-electron chi connectivity index (χ0n) is 25.5. The third kappa shape index (κ3) is 5.07. The summed E-state index contributed by atoms with van der Waals surface area (Å²) in [5.74, 6) is -0.212.